The van der Waals surface area contributed by atoms with Gasteiger partial charge in [-0.05, 0) is 18.2 Å². The molecule has 0 aromatic heterocycles. The van der Waals surface area contributed by atoms with Gasteiger partial charge in [0.15, 0.2) is 0 Å². The number of nitriles is 1. The Morgan fingerprint density at radius 3 is 2.57 bits per heavy atom. The van der Waals surface area contributed by atoms with E-state index in [1.165, 1.54) is 12.1 Å². The summed E-state index contributed by atoms with van der Waals surface area (Å²) in [6.45, 7) is 0. The van der Waals surface area contributed by atoms with Crippen LogP contribution < -0.4 is 11.1 Å². The van der Waals surface area contributed by atoms with Crippen LogP contribution in [0.2, 0.25) is 0 Å². The third-order valence-corrected chi connectivity index (χ3v) is 4.57. The van der Waals surface area contributed by atoms with E-state index < -0.39 is 40.1 Å². The average Bonchev–Trinajstić information content (AvgIpc) is 2.64. The van der Waals surface area contributed by atoms with Crippen molar-refractivity contribution in [3.63, 3.8) is 0 Å². The second-order valence-corrected chi connectivity index (χ2v) is 6.41. The van der Waals surface area contributed by atoms with Crippen LogP contribution in [0.1, 0.15) is 22.0 Å². The molecule has 11 heteroatoms. The minimum Gasteiger partial charge on any atom is -0.366 e. The molecule has 0 radical (unpaired) electrons. The van der Waals surface area contributed by atoms with Crippen LogP contribution in [-0.2, 0) is 4.79 Å². The molecule has 0 aliphatic rings. The molecule has 0 heterocycles. The molecule has 2 aromatic rings. The largest absolute Gasteiger partial charge is 0.366 e. The number of rotatable bonds is 7. The van der Waals surface area contributed by atoms with Crippen molar-refractivity contribution in [1.82, 2.24) is 5.32 Å². The van der Waals surface area contributed by atoms with E-state index in [4.69, 9.17) is 11.0 Å². The third kappa shape index (κ3) is 5.01. The number of primary amides is 1. The van der Waals surface area contributed by atoms with Crippen LogP contribution in [0.4, 0.5) is 14.5 Å². The molecule has 2 aromatic carbocycles. The Kier molecular flexibility index (Phi) is 6.62. The van der Waals surface area contributed by atoms with Crippen LogP contribution in [0.15, 0.2) is 41.3 Å². The van der Waals surface area contributed by atoms with E-state index in [1.54, 1.807) is 6.07 Å². The van der Waals surface area contributed by atoms with Gasteiger partial charge in [0.25, 0.3) is 5.69 Å². The van der Waals surface area contributed by atoms with Crippen LogP contribution in [0.3, 0.4) is 0 Å². The van der Waals surface area contributed by atoms with Crippen LogP contribution in [0.25, 0.3) is 0 Å². The summed E-state index contributed by atoms with van der Waals surface area (Å²) in [6.07, 6.45) is 0. The maximum absolute atomic E-state index is 13.8. The van der Waals surface area contributed by atoms with Crippen molar-refractivity contribution >= 4 is 29.3 Å². The lowest BCUT2D eigenvalue weighted by Gasteiger charge is -2.13. The topological polar surface area (TPSA) is 139 Å². The number of carbonyl (C=O) groups excluding carboxylic acids is 2. The first-order valence-electron chi connectivity index (χ1n) is 7.58. The summed E-state index contributed by atoms with van der Waals surface area (Å²) in [5.41, 5.74) is 4.41. The van der Waals surface area contributed by atoms with Crippen molar-refractivity contribution in [1.29, 1.82) is 5.26 Å². The fraction of sp³-hybridized carbons (Fsp3) is 0.118. The average molecular weight is 406 g/mol. The van der Waals surface area contributed by atoms with E-state index in [9.17, 15) is 28.5 Å². The third-order valence-electron chi connectivity index (χ3n) is 3.51. The Morgan fingerprint density at radius 2 is 2.00 bits per heavy atom. The minimum absolute atomic E-state index is 0.0585. The Balaban J connectivity index is 2.10. The van der Waals surface area contributed by atoms with Gasteiger partial charge in [-0.1, -0.05) is 6.07 Å². The van der Waals surface area contributed by atoms with Gasteiger partial charge in [0, 0.05) is 23.3 Å². The van der Waals surface area contributed by atoms with Gasteiger partial charge >= 0.3 is 0 Å². The number of halogens is 2. The smallest absolute Gasteiger partial charge is 0.283 e. The number of hydrogen-bond acceptors (Lipinski definition) is 6. The Bertz CT molecular complexity index is 994. The number of thioether (sulfide) groups is 1. The quantitative estimate of drug-likeness (QED) is 0.411. The van der Waals surface area contributed by atoms with E-state index in [-0.39, 0.29) is 21.8 Å². The highest BCUT2D eigenvalue weighted by atomic mass is 32.2. The molecule has 2 amide bonds. The molecular weight excluding hydrogens is 394 g/mol. The zero-order valence-corrected chi connectivity index (χ0v) is 14.8. The second-order valence-electron chi connectivity index (χ2n) is 5.39. The van der Waals surface area contributed by atoms with Crippen molar-refractivity contribution in [2.75, 3.05) is 5.75 Å². The summed E-state index contributed by atoms with van der Waals surface area (Å²) in [5, 5.41) is 22.5. The first-order chi connectivity index (χ1) is 13.2. The first kappa shape index (κ1) is 20.8. The summed E-state index contributed by atoms with van der Waals surface area (Å²) in [5.74, 6) is -3.68. The molecule has 1 atom stereocenters. The van der Waals surface area contributed by atoms with Gasteiger partial charge in [0.1, 0.15) is 17.7 Å². The molecule has 0 fully saturated rings. The second kappa shape index (κ2) is 8.92. The Hall–Kier alpha value is -3.52. The molecule has 0 bridgehead atoms. The van der Waals surface area contributed by atoms with Crippen molar-refractivity contribution in [3.8, 4) is 6.07 Å². The number of amides is 2. The van der Waals surface area contributed by atoms with Gasteiger partial charge in [0.2, 0.25) is 11.8 Å². The zero-order valence-electron chi connectivity index (χ0n) is 14.0. The lowest BCUT2D eigenvalue weighted by molar-refractivity contribution is -0.387. The van der Waals surface area contributed by atoms with E-state index in [2.05, 4.69) is 5.32 Å². The maximum Gasteiger partial charge on any atom is 0.283 e. The van der Waals surface area contributed by atoms with Crippen LogP contribution in [0, 0.1) is 33.1 Å². The van der Waals surface area contributed by atoms with Crippen molar-refractivity contribution in [2.24, 2.45) is 5.73 Å². The lowest BCUT2D eigenvalue weighted by atomic mass is 10.1. The van der Waals surface area contributed by atoms with Gasteiger partial charge in [-0.3, -0.25) is 19.7 Å². The van der Waals surface area contributed by atoms with Crippen molar-refractivity contribution < 1.29 is 23.3 Å². The molecule has 1 unspecified atom stereocenters. The number of nitrogens with two attached hydrogens (primary N) is 1. The number of carbonyl (C=O) groups is 2. The van der Waals surface area contributed by atoms with E-state index in [0.717, 1.165) is 30.0 Å². The van der Waals surface area contributed by atoms with Gasteiger partial charge in [0.05, 0.1) is 21.6 Å². The van der Waals surface area contributed by atoms with Crippen molar-refractivity contribution in [2.45, 2.75) is 10.9 Å². The predicted molar refractivity (Wildman–Crippen MR) is 95.2 cm³/mol. The molecular formula is C17H12F2N4O4S. The number of nitro groups is 1. The number of hydrogen-bond donors (Lipinski definition) is 2. The van der Waals surface area contributed by atoms with Crippen LogP contribution in [-0.4, -0.2) is 22.5 Å². The number of nitro benzene ring substituents is 1. The molecule has 0 aliphatic carbocycles. The highest BCUT2D eigenvalue weighted by Crippen LogP contribution is 2.30. The van der Waals surface area contributed by atoms with Crippen molar-refractivity contribution in [3.05, 3.63) is 69.3 Å². The summed E-state index contributed by atoms with van der Waals surface area (Å²) in [6, 6.07) is 6.46. The fourth-order valence-electron chi connectivity index (χ4n) is 2.20. The first-order valence-corrected chi connectivity index (χ1v) is 8.56. The Labute approximate surface area is 161 Å². The molecule has 28 heavy (non-hydrogen) atoms. The van der Waals surface area contributed by atoms with E-state index in [1.807, 2.05) is 0 Å². The SMILES string of the molecule is N#CC(NC(=O)CSc1ccc(C(N)=O)cc1[N+](=O)[O-])c1ccc(F)cc1F. The molecule has 8 nitrogen and oxygen atoms in total. The highest BCUT2D eigenvalue weighted by molar-refractivity contribution is 8.00. The predicted octanol–water partition coefficient (Wildman–Crippen LogP) is 2.45. The summed E-state index contributed by atoms with van der Waals surface area (Å²) in [4.78, 5) is 33.7. The van der Waals surface area contributed by atoms with E-state index in [0.29, 0.717) is 6.07 Å². The molecule has 0 aliphatic heterocycles. The maximum atomic E-state index is 13.8. The zero-order chi connectivity index (χ0) is 20.8. The summed E-state index contributed by atoms with van der Waals surface area (Å²) in [7, 11) is 0. The monoisotopic (exact) mass is 406 g/mol. The minimum atomic E-state index is -1.36. The molecule has 0 saturated carbocycles. The van der Waals surface area contributed by atoms with E-state index >= 15 is 0 Å². The van der Waals surface area contributed by atoms with Gasteiger partial charge < -0.3 is 11.1 Å². The molecule has 0 saturated heterocycles. The van der Waals surface area contributed by atoms with Crippen LogP contribution >= 0.6 is 11.8 Å². The van der Waals surface area contributed by atoms with Gasteiger partial charge in [-0.2, -0.15) is 5.26 Å². The van der Waals surface area contributed by atoms with Crippen LogP contribution in [0.5, 0.6) is 0 Å². The standard InChI is InChI=1S/C17H12F2N4O4S/c18-10-2-3-11(12(19)6-10)13(7-20)22-16(24)8-28-15-4-1-9(17(21)25)5-14(15)23(26)27/h1-6,13H,8H2,(H2,21,25)(H,22,24). The number of benzene rings is 2. The highest BCUT2D eigenvalue weighted by Gasteiger charge is 2.21. The van der Waals surface area contributed by atoms with Gasteiger partial charge in [-0.15, -0.1) is 11.8 Å². The molecule has 0 spiro atoms. The molecule has 144 valence electrons. The lowest BCUT2D eigenvalue weighted by Crippen LogP contribution is -2.29. The fourth-order valence-corrected chi connectivity index (χ4v) is 3.01. The van der Waals surface area contributed by atoms with Gasteiger partial charge in [-0.25, -0.2) is 8.78 Å². The summed E-state index contributed by atoms with van der Waals surface area (Å²) < 4.78 is 26.7. The number of nitrogens with one attached hydrogen (secondary N) is 1. The Morgan fingerprint density at radius 1 is 1.29 bits per heavy atom. The normalized spacial score (nSPS) is 11.3. The number of nitrogens with zero attached hydrogens (tertiary/aromatic N) is 2. The molecule has 2 rings (SSSR count). The molecule has 3 N–H and O–H groups in total. The summed E-state index contributed by atoms with van der Waals surface area (Å²) >= 11 is 0.789.